The highest BCUT2D eigenvalue weighted by Gasteiger charge is 2.14. The third-order valence-electron chi connectivity index (χ3n) is 4.94. The minimum Gasteiger partial charge on any atom is -0.484 e. The van der Waals surface area contributed by atoms with Crippen molar-refractivity contribution in [2.45, 2.75) is 19.6 Å². The number of aryl methyl sites for hydroxylation is 1. The summed E-state index contributed by atoms with van der Waals surface area (Å²) in [5.41, 5.74) is 2.11. The smallest absolute Gasteiger partial charge is 0.148 e. The number of hydrogen-bond donors (Lipinski definition) is 0. The molecule has 1 aromatic heterocycles. The molecule has 2 aromatic carbocycles. The average molecular weight is 420 g/mol. The Balaban J connectivity index is 1.48. The molecule has 0 N–H and O–H groups in total. The zero-order valence-corrected chi connectivity index (χ0v) is 17.1. The van der Waals surface area contributed by atoms with E-state index in [1.807, 2.05) is 18.2 Å². The second-order valence-electron chi connectivity index (χ2n) is 6.84. The molecule has 0 spiro atoms. The fourth-order valence-corrected chi connectivity index (χ4v) is 3.96. The van der Waals surface area contributed by atoms with Gasteiger partial charge in [-0.05, 0) is 36.8 Å². The van der Waals surface area contributed by atoms with Crippen LogP contribution in [-0.4, -0.2) is 47.3 Å². The van der Waals surface area contributed by atoms with Crippen molar-refractivity contribution in [3.05, 3.63) is 58.3 Å². The Bertz CT molecular complexity index is 939. The summed E-state index contributed by atoms with van der Waals surface area (Å²) in [7, 11) is 0. The lowest BCUT2D eigenvalue weighted by atomic mass is 10.3. The zero-order valence-electron chi connectivity index (χ0n) is 15.6. The minimum atomic E-state index is 0.355. The molecule has 5 nitrogen and oxygen atoms in total. The van der Waals surface area contributed by atoms with Crippen LogP contribution in [0.1, 0.15) is 12.2 Å². The fraction of sp³-hybridized carbons (Fsp3) is 0.381. The monoisotopic (exact) mass is 419 g/mol. The van der Waals surface area contributed by atoms with Gasteiger partial charge in [-0.3, -0.25) is 4.90 Å². The minimum absolute atomic E-state index is 0.355. The van der Waals surface area contributed by atoms with Gasteiger partial charge in [0.05, 0.1) is 29.3 Å². The van der Waals surface area contributed by atoms with Crippen molar-refractivity contribution in [2.75, 3.05) is 32.8 Å². The third-order valence-corrected chi connectivity index (χ3v) is 5.47. The molecule has 3 aromatic rings. The molecule has 2 heterocycles. The van der Waals surface area contributed by atoms with E-state index in [1.54, 1.807) is 18.2 Å². The molecule has 0 atom stereocenters. The summed E-state index contributed by atoms with van der Waals surface area (Å²) < 4.78 is 13.6. The molecule has 1 aliphatic heterocycles. The van der Waals surface area contributed by atoms with Crippen molar-refractivity contribution in [1.29, 1.82) is 0 Å². The van der Waals surface area contributed by atoms with E-state index in [0.29, 0.717) is 22.4 Å². The number of rotatable bonds is 7. The van der Waals surface area contributed by atoms with E-state index in [1.165, 1.54) is 0 Å². The number of halogens is 2. The predicted octanol–water partition coefficient (Wildman–Crippen LogP) is 4.64. The van der Waals surface area contributed by atoms with Crippen LogP contribution in [0.5, 0.6) is 5.75 Å². The molecular weight excluding hydrogens is 397 g/mol. The van der Waals surface area contributed by atoms with Crippen LogP contribution in [0.2, 0.25) is 10.0 Å². The van der Waals surface area contributed by atoms with Crippen LogP contribution in [-0.2, 0) is 17.9 Å². The van der Waals surface area contributed by atoms with Gasteiger partial charge in [-0.1, -0.05) is 35.3 Å². The number of ether oxygens (including phenoxy) is 2. The lowest BCUT2D eigenvalue weighted by Crippen LogP contribution is -2.37. The standard InChI is InChI=1S/C21H23Cl2N3O2/c22-16-6-7-20(17(23)14-16)28-15-21-24-18-4-1-2-5-19(18)26(21)9-3-8-25-10-12-27-13-11-25/h1-2,4-7,14H,3,8-13,15H2. The molecular formula is C21H23Cl2N3O2. The molecule has 0 bridgehead atoms. The molecule has 0 radical (unpaired) electrons. The molecule has 1 fully saturated rings. The Morgan fingerprint density at radius 3 is 2.68 bits per heavy atom. The SMILES string of the molecule is Clc1ccc(OCc2nc3ccccc3n2CCCN2CCOCC2)c(Cl)c1. The first kappa shape index (κ1) is 19.5. The van der Waals surface area contributed by atoms with E-state index in [4.69, 9.17) is 37.7 Å². The fourth-order valence-electron chi connectivity index (χ4n) is 3.50. The van der Waals surface area contributed by atoms with Gasteiger partial charge in [0.2, 0.25) is 0 Å². The maximum Gasteiger partial charge on any atom is 0.148 e. The quantitative estimate of drug-likeness (QED) is 0.558. The Morgan fingerprint density at radius 2 is 1.86 bits per heavy atom. The van der Waals surface area contributed by atoms with E-state index in [9.17, 15) is 0 Å². The van der Waals surface area contributed by atoms with Crippen molar-refractivity contribution in [3.8, 4) is 5.75 Å². The summed E-state index contributed by atoms with van der Waals surface area (Å²) in [6, 6.07) is 13.4. The maximum absolute atomic E-state index is 6.23. The van der Waals surface area contributed by atoms with Gasteiger partial charge in [-0.15, -0.1) is 0 Å². The maximum atomic E-state index is 6.23. The van der Waals surface area contributed by atoms with Crippen LogP contribution in [0.3, 0.4) is 0 Å². The first-order valence-electron chi connectivity index (χ1n) is 9.53. The number of aromatic nitrogens is 2. The van der Waals surface area contributed by atoms with E-state index >= 15 is 0 Å². The van der Waals surface area contributed by atoms with Crippen molar-refractivity contribution in [1.82, 2.24) is 14.5 Å². The van der Waals surface area contributed by atoms with Gasteiger partial charge < -0.3 is 14.0 Å². The lowest BCUT2D eigenvalue weighted by molar-refractivity contribution is 0.0369. The summed E-state index contributed by atoms with van der Waals surface area (Å²) in [4.78, 5) is 7.23. The largest absolute Gasteiger partial charge is 0.484 e. The van der Waals surface area contributed by atoms with Crippen LogP contribution < -0.4 is 4.74 Å². The number of imidazole rings is 1. The summed E-state index contributed by atoms with van der Waals surface area (Å²) >= 11 is 12.2. The predicted molar refractivity (Wildman–Crippen MR) is 112 cm³/mol. The first-order valence-corrected chi connectivity index (χ1v) is 10.3. The molecule has 0 unspecified atom stereocenters. The van der Waals surface area contributed by atoms with Crippen LogP contribution >= 0.6 is 23.2 Å². The summed E-state index contributed by atoms with van der Waals surface area (Å²) in [5, 5.41) is 1.09. The van der Waals surface area contributed by atoms with Crippen LogP contribution in [0.25, 0.3) is 11.0 Å². The van der Waals surface area contributed by atoms with Crippen LogP contribution in [0.15, 0.2) is 42.5 Å². The second-order valence-corrected chi connectivity index (χ2v) is 7.68. The van der Waals surface area contributed by atoms with Gasteiger partial charge in [0, 0.05) is 31.2 Å². The number of fused-ring (bicyclic) bond motifs is 1. The van der Waals surface area contributed by atoms with Crippen LogP contribution in [0.4, 0.5) is 0 Å². The molecule has 1 saturated heterocycles. The first-order chi connectivity index (χ1) is 13.7. The molecule has 1 aliphatic rings. The highest BCUT2D eigenvalue weighted by atomic mass is 35.5. The van der Waals surface area contributed by atoms with Crippen molar-refractivity contribution in [2.24, 2.45) is 0 Å². The summed E-state index contributed by atoms with van der Waals surface area (Å²) in [6.07, 6.45) is 1.05. The summed E-state index contributed by atoms with van der Waals surface area (Å²) in [6.45, 7) is 5.98. The highest BCUT2D eigenvalue weighted by molar-refractivity contribution is 6.35. The van der Waals surface area contributed by atoms with Crippen molar-refractivity contribution >= 4 is 34.2 Å². The van der Waals surface area contributed by atoms with E-state index in [-0.39, 0.29) is 0 Å². The van der Waals surface area contributed by atoms with Gasteiger partial charge in [0.15, 0.2) is 0 Å². The molecule has 7 heteroatoms. The molecule has 4 rings (SSSR count). The highest BCUT2D eigenvalue weighted by Crippen LogP contribution is 2.28. The Kier molecular flexibility index (Phi) is 6.37. The molecule has 0 aliphatic carbocycles. The van der Waals surface area contributed by atoms with Gasteiger partial charge in [-0.25, -0.2) is 4.98 Å². The van der Waals surface area contributed by atoms with Gasteiger partial charge in [-0.2, -0.15) is 0 Å². The second kappa shape index (κ2) is 9.14. The number of nitrogens with zero attached hydrogens (tertiary/aromatic N) is 3. The van der Waals surface area contributed by atoms with Gasteiger partial charge in [0.25, 0.3) is 0 Å². The normalized spacial score (nSPS) is 15.2. The Hall–Kier alpha value is -1.79. The topological polar surface area (TPSA) is 39.5 Å². The number of morpholine rings is 1. The van der Waals surface area contributed by atoms with E-state index < -0.39 is 0 Å². The molecule has 0 saturated carbocycles. The number of hydrogen-bond acceptors (Lipinski definition) is 4. The molecule has 28 heavy (non-hydrogen) atoms. The van der Waals surface area contributed by atoms with Crippen molar-refractivity contribution < 1.29 is 9.47 Å². The van der Waals surface area contributed by atoms with E-state index in [0.717, 1.165) is 62.7 Å². The Morgan fingerprint density at radius 1 is 1.04 bits per heavy atom. The number of para-hydroxylation sites is 2. The third kappa shape index (κ3) is 4.61. The van der Waals surface area contributed by atoms with Crippen molar-refractivity contribution in [3.63, 3.8) is 0 Å². The van der Waals surface area contributed by atoms with Gasteiger partial charge in [0.1, 0.15) is 18.2 Å². The Labute approximate surface area is 174 Å². The average Bonchev–Trinajstić information content (AvgIpc) is 3.06. The summed E-state index contributed by atoms with van der Waals surface area (Å²) in [5.74, 6) is 1.51. The van der Waals surface area contributed by atoms with E-state index in [2.05, 4.69) is 15.5 Å². The molecule has 148 valence electrons. The van der Waals surface area contributed by atoms with Crippen LogP contribution in [0, 0.1) is 0 Å². The number of benzene rings is 2. The lowest BCUT2D eigenvalue weighted by Gasteiger charge is -2.26. The van der Waals surface area contributed by atoms with Gasteiger partial charge >= 0.3 is 0 Å². The zero-order chi connectivity index (χ0) is 19.3. The molecule has 0 amide bonds.